The van der Waals surface area contributed by atoms with Gasteiger partial charge in [-0.2, -0.15) is 15.0 Å². The van der Waals surface area contributed by atoms with Gasteiger partial charge in [0.1, 0.15) is 73.3 Å². The molecule has 0 aromatic carbocycles. The van der Waals surface area contributed by atoms with Crippen LogP contribution >= 0.6 is 66.4 Å². The summed E-state index contributed by atoms with van der Waals surface area (Å²) >= 11 is 29.9. The molecule has 596 valence electrons. The number of hydrogen-bond acceptors (Lipinski definition) is 36. The molecule has 5 aliphatic heterocycles. The summed E-state index contributed by atoms with van der Waals surface area (Å²) in [4.78, 5) is 125. The first-order valence-corrected chi connectivity index (χ1v) is 45.6. The van der Waals surface area contributed by atoms with E-state index in [1.807, 2.05) is 13.8 Å². The summed E-state index contributed by atoms with van der Waals surface area (Å²) < 4.78 is 119. The molecule has 6 aromatic heterocycles. The van der Waals surface area contributed by atoms with Crippen molar-refractivity contribution in [2.45, 2.75) is 139 Å². The molecule has 5 aliphatic rings. The largest absolute Gasteiger partial charge is 0.394 e. The van der Waals surface area contributed by atoms with E-state index in [1.165, 1.54) is 59.3 Å². The molecule has 5 saturated heterocycles. The number of thiol groups is 2. The molecule has 108 heavy (non-hydrogen) atoms. The van der Waals surface area contributed by atoms with Crippen molar-refractivity contribution in [3.05, 3.63) is 126 Å². The van der Waals surface area contributed by atoms with Gasteiger partial charge in [-0.1, -0.05) is 38.3 Å². The average Bonchev–Trinajstić information content (AvgIpc) is 1.62. The zero-order valence-corrected chi connectivity index (χ0v) is 66.8. The molecule has 11 heterocycles. The van der Waals surface area contributed by atoms with Crippen LogP contribution in [0.25, 0.3) is 11.2 Å². The van der Waals surface area contributed by atoms with Gasteiger partial charge in [0.15, 0.2) is 11.2 Å². The zero-order valence-electron chi connectivity index (χ0n) is 57.4. The first kappa shape index (κ1) is 84.4. The van der Waals surface area contributed by atoms with Crippen LogP contribution in [-0.2, 0) is 114 Å². The number of fused-ring (bicyclic) bond motifs is 1. The third-order valence-corrected chi connectivity index (χ3v) is 26.0. The van der Waals surface area contributed by atoms with Crippen molar-refractivity contribution in [1.29, 1.82) is 0 Å². The molecular weight excluding hydrogens is 1680 g/mol. The van der Waals surface area contributed by atoms with Gasteiger partial charge in [0.25, 0.3) is 16.7 Å². The first-order valence-electron chi connectivity index (χ1n) is 33.2. The van der Waals surface area contributed by atoms with Crippen molar-refractivity contribution in [1.82, 2.24) is 57.7 Å². The Morgan fingerprint density at radius 1 is 0.602 bits per heavy atom. The number of aromatic nitrogens is 12. The Hall–Kier alpha value is -4.53. The van der Waals surface area contributed by atoms with Gasteiger partial charge in [0, 0.05) is 62.6 Å². The number of aliphatic hydroxyl groups is 1. The lowest BCUT2D eigenvalue weighted by Gasteiger charge is -2.30. The second kappa shape index (κ2) is 36.3. The van der Waals surface area contributed by atoms with Gasteiger partial charge >= 0.3 is 43.0 Å². The van der Waals surface area contributed by atoms with E-state index in [0.717, 1.165) is 13.7 Å². The third kappa shape index (κ3) is 21.3. The summed E-state index contributed by atoms with van der Waals surface area (Å²) in [5.74, 6) is -0.512. The Balaban J connectivity index is 0.816. The van der Waals surface area contributed by atoms with Crippen molar-refractivity contribution in [3.63, 3.8) is 0 Å². The number of nitrogens with zero attached hydrogens (tertiary/aromatic N) is 9. The SMILES string of the molecule is Cc1cn([C@H]2C[C@@H](OP(=S)(OCCOCCOCCN)OC[C@H]3O[C@@H](n4ccc(N)nc4=O)C[C@H]3C(C)C)[C@@H](COP(=S)(S)O[C@@H]3C[C@H](n4cnc5c(=O)[nH]c(N)nc54)O[C@@H]3COP(O)(=S)O[C@@H]3C[C@H](n4ccc(N)nc4=O)O[C@@H]3COP(=O)(S)O[C@@H]3C[C@H](n4cc(Br)c(=O)[nH]c4=O)O[C@@H]3CO)O2)c(=O)[nH]c1=O. The molecule has 13 N–H and O–H groups in total. The first-order chi connectivity index (χ1) is 51.2. The van der Waals surface area contributed by atoms with Gasteiger partial charge in [-0.05, 0) is 88.7 Å². The highest BCUT2D eigenvalue weighted by Gasteiger charge is 2.49. The van der Waals surface area contributed by atoms with Crippen molar-refractivity contribution in [2.24, 2.45) is 17.6 Å². The molecule has 42 nitrogen and oxygen atoms in total. The Morgan fingerprint density at radius 3 is 1.70 bits per heavy atom. The minimum absolute atomic E-state index is 0.000521. The van der Waals surface area contributed by atoms with Crippen molar-refractivity contribution >= 4 is 131 Å². The van der Waals surface area contributed by atoms with E-state index >= 15 is 0 Å². The number of H-pyrrole nitrogens is 3. The predicted molar refractivity (Wildman–Crippen MR) is 402 cm³/mol. The normalized spacial score (nSPS) is 28.2. The lowest BCUT2D eigenvalue weighted by molar-refractivity contribution is -0.0542. The quantitative estimate of drug-likeness (QED) is 0.0151. The molecule has 4 unspecified atom stereocenters. The number of nitrogens with one attached hydrogen (secondary N) is 3. The van der Waals surface area contributed by atoms with E-state index in [2.05, 4.69) is 63.1 Å². The van der Waals surface area contributed by atoms with Gasteiger partial charge in [-0.3, -0.25) is 61.2 Å². The number of nitrogen functional groups attached to an aromatic ring is 3. The topological polar surface area (TPSA) is 552 Å². The molecule has 19 atom stereocenters. The molecule has 5 fully saturated rings. The number of aromatic amines is 3. The number of hydrogen-bond donors (Lipinski definition) is 11. The second-order valence-electron chi connectivity index (χ2n) is 25.4. The predicted octanol–water partition coefficient (Wildman–Crippen LogP) is 1.50. The monoisotopic (exact) mass is 1750 g/mol. The molecule has 0 spiro atoms. The van der Waals surface area contributed by atoms with E-state index < -0.39 is 178 Å². The molecule has 0 radical (unpaired) electrons. The number of anilines is 3. The number of ether oxygens (including phenoxy) is 7. The minimum atomic E-state index is -4.55. The highest BCUT2D eigenvalue weighted by Crippen LogP contribution is 2.60. The molecule has 0 amide bonds. The van der Waals surface area contributed by atoms with Crippen LogP contribution in [0.2, 0.25) is 0 Å². The van der Waals surface area contributed by atoms with Gasteiger partial charge in [0.05, 0.1) is 101 Å². The second-order valence-corrected chi connectivity index (χ2v) is 40.1. The maximum atomic E-state index is 14.1. The number of halogens is 1. The van der Waals surface area contributed by atoms with E-state index in [0.29, 0.717) is 19.6 Å². The lowest BCUT2D eigenvalue weighted by atomic mass is 9.89. The third-order valence-electron chi connectivity index (χ3n) is 17.6. The summed E-state index contributed by atoms with van der Waals surface area (Å²) in [7, 11) is 0. The summed E-state index contributed by atoms with van der Waals surface area (Å²) in [6.07, 6.45) is -9.75. The van der Waals surface area contributed by atoms with E-state index in [-0.39, 0.29) is 109 Å². The number of aryl methyl sites for hydroxylation is 1. The molecule has 0 aliphatic carbocycles. The fraction of sp³-hybridized carbons (Fsp3) is 0.625. The maximum absolute atomic E-state index is 14.1. The number of nitrogens with two attached hydrogens (primary N) is 4. The minimum Gasteiger partial charge on any atom is -0.394 e. The zero-order chi connectivity index (χ0) is 77.7. The summed E-state index contributed by atoms with van der Waals surface area (Å²) in [5.41, 5.74) is 14.1. The molecule has 11 rings (SSSR count). The fourth-order valence-corrected chi connectivity index (χ4v) is 19.9. The van der Waals surface area contributed by atoms with Crippen LogP contribution in [-0.4, -0.2) is 195 Å². The molecular formula is C56H79BrN16O26P4S5. The van der Waals surface area contributed by atoms with Crippen LogP contribution in [0.4, 0.5) is 17.6 Å². The van der Waals surface area contributed by atoms with Crippen LogP contribution in [0.15, 0.2) is 81.3 Å². The maximum Gasteiger partial charge on any atom is 0.386 e. The molecule has 0 saturated carbocycles. The number of aliphatic hydroxyl groups excluding tert-OH is 1. The van der Waals surface area contributed by atoms with Gasteiger partial charge in [-0.15, -0.1) is 0 Å². The number of rotatable bonds is 36. The number of imidazole rings is 1. The Bertz CT molecular complexity index is 4850. The van der Waals surface area contributed by atoms with E-state index in [9.17, 15) is 48.1 Å². The standard InChI is InChI=1S/C56H79BrN16O26P4S5/c1-27(2)29-14-42(69-7-4-40(59)63-53(69)78)92-36(29)22-89-102(106,86-13-12-85-11-10-84-9-6-58)98-33-17-44(71-19-28(3)49(75)67-55(71)80)94-39(33)25-90-103(107,108)99-34-18-46(73-26-62-47-48(73)65-52(61)66-51(47)77)95-38(34)24-88-101(83,105)97-32-16-43(70-8-5-41(60)64-54(70)79)93-37(32)23-87-100(82,104)96-31-15-45(91-35(31)21-74)72-20-30(57)50(76)68-56(72)81/h4-5,7-8,19-20,26-27,29,31-39,42-46,74H,6,9-18,21-25,58H2,1-3H3,(H,82,104)(H,83,105)(H,107,108)(H2,59,63,78)(H2,60,64,79)(H,67,75,80)(H,68,76,81)(H3,61,65,66,77)/t29-,31+,32+,33+,34+,35+,36+,37+,38+,39+,42+,43+,44+,45+,46+,100?,101?,102?/m0/s1. The lowest BCUT2D eigenvalue weighted by Crippen LogP contribution is -2.33. The summed E-state index contributed by atoms with van der Waals surface area (Å²) in [6, 6.07) is 2.80. The van der Waals surface area contributed by atoms with E-state index in [4.69, 9.17) is 144 Å². The molecule has 52 heteroatoms. The Labute approximate surface area is 645 Å². The average molecular weight is 1760 g/mol. The summed E-state index contributed by atoms with van der Waals surface area (Å²) in [5, 5.41) is 10.2. The van der Waals surface area contributed by atoms with Gasteiger partial charge in [0.2, 0.25) is 11.6 Å². The smallest absolute Gasteiger partial charge is 0.386 e. The fourth-order valence-electron chi connectivity index (χ4n) is 12.4. The van der Waals surface area contributed by atoms with Crippen molar-refractivity contribution < 1.29 is 88.4 Å². The van der Waals surface area contributed by atoms with Crippen LogP contribution in [0.5, 0.6) is 0 Å². The van der Waals surface area contributed by atoms with Crippen LogP contribution in [0.3, 0.4) is 0 Å². The highest BCUT2D eigenvalue weighted by molar-refractivity contribution is 9.10. The molecule has 0 bridgehead atoms. The van der Waals surface area contributed by atoms with Crippen molar-refractivity contribution in [2.75, 3.05) is 89.8 Å². The van der Waals surface area contributed by atoms with E-state index in [1.54, 1.807) is 0 Å². The molecule has 6 aromatic rings. The Morgan fingerprint density at radius 2 is 1.10 bits per heavy atom. The van der Waals surface area contributed by atoms with Gasteiger partial charge < -0.3 is 97.8 Å². The van der Waals surface area contributed by atoms with Crippen molar-refractivity contribution in [3.8, 4) is 0 Å². The summed E-state index contributed by atoms with van der Waals surface area (Å²) in [6.45, 7) is -9.38. The Kier molecular flexibility index (Phi) is 28.4. The van der Waals surface area contributed by atoms with Crippen LogP contribution in [0, 0.1) is 18.8 Å². The van der Waals surface area contributed by atoms with Crippen LogP contribution in [0.1, 0.15) is 82.7 Å². The highest BCUT2D eigenvalue weighted by atomic mass is 79.9. The van der Waals surface area contributed by atoms with Gasteiger partial charge in [-0.25, -0.2) is 28.7 Å². The van der Waals surface area contributed by atoms with Crippen LogP contribution < -0.4 is 62.4 Å².